The highest BCUT2D eigenvalue weighted by Gasteiger charge is 2.48. The summed E-state index contributed by atoms with van der Waals surface area (Å²) in [7, 11) is 0. The number of rotatable bonds is 6. The Bertz CT molecular complexity index is 1150. The van der Waals surface area contributed by atoms with Crippen LogP contribution in [0.15, 0.2) is 60.8 Å². The molecule has 0 spiro atoms. The van der Waals surface area contributed by atoms with Crippen LogP contribution in [0.5, 0.6) is 0 Å². The fourth-order valence-electron chi connectivity index (χ4n) is 4.41. The molecule has 3 heterocycles. The fraction of sp³-hybridized carbons (Fsp3) is 0.292. The maximum absolute atomic E-state index is 13.5. The Kier molecular flexibility index (Phi) is 5.97. The summed E-state index contributed by atoms with van der Waals surface area (Å²) in [6.45, 7) is 0.481. The minimum atomic E-state index is -0.794. The van der Waals surface area contributed by atoms with E-state index in [1.54, 1.807) is 23.2 Å². The largest absolute Gasteiger partial charge is 0.368 e. The van der Waals surface area contributed by atoms with Crippen molar-refractivity contribution in [3.8, 4) is 10.4 Å². The van der Waals surface area contributed by atoms with E-state index < -0.39 is 12.1 Å². The maximum atomic E-state index is 13.5. The molecular weight excluding hydrogens is 440 g/mol. The van der Waals surface area contributed by atoms with E-state index in [2.05, 4.69) is 14.9 Å². The van der Waals surface area contributed by atoms with Crippen molar-refractivity contribution in [2.24, 2.45) is 0 Å². The van der Waals surface area contributed by atoms with Gasteiger partial charge in [-0.3, -0.25) is 14.4 Å². The standard InChI is InChI=1S/C24H22N4O4S/c29-19-14-32-20-10-11-28(22(19)20)24(31)18(12-15-4-2-1-3-5-15)26-23(30)17-8-6-16(7-9-17)21-13-25-27-33-21/h1-9,13,18,20,22H,10-12,14H2,(H,26,30). The average Bonchev–Trinajstić information content (AvgIpc) is 3.59. The van der Waals surface area contributed by atoms with Crippen LogP contribution < -0.4 is 5.32 Å². The number of ketones is 1. The van der Waals surface area contributed by atoms with Gasteiger partial charge < -0.3 is 15.0 Å². The highest BCUT2D eigenvalue weighted by atomic mass is 32.1. The number of carbonyl (C=O) groups excluding carboxylic acids is 3. The maximum Gasteiger partial charge on any atom is 0.251 e. The SMILES string of the molecule is O=C(NC(Cc1ccccc1)C(=O)N1CCC2OCC(=O)C21)c1ccc(-c2cnns2)cc1. The fourth-order valence-corrected chi connectivity index (χ4v) is 4.93. The third-order valence-electron chi connectivity index (χ3n) is 6.07. The first-order valence-corrected chi connectivity index (χ1v) is 11.5. The van der Waals surface area contributed by atoms with Crippen LogP contribution in [0.4, 0.5) is 0 Å². The molecular formula is C24H22N4O4S. The first-order valence-electron chi connectivity index (χ1n) is 10.8. The molecule has 168 valence electrons. The van der Waals surface area contributed by atoms with E-state index in [1.165, 1.54) is 11.5 Å². The topological polar surface area (TPSA) is 101 Å². The van der Waals surface area contributed by atoms with Crippen LogP contribution in [0.2, 0.25) is 0 Å². The molecule has 2 fully saturated rings. The molecule has 1 N–H and O–H groups in total. The number of amides is 2. The molecule has 9 heteroatoms. The van der Waals surface area contributed by atoms with Crippen molar-refractivity contribution >= 4 is 29.1 Å². The molecule has 5 rings (SSSR count). The number of hydrogen-bond acceptors (Lipinski definition) is 7. The van der Waals surface area contributed by atoms with E-state index in [9.17, 15) is 14.4 Å². The number of likely N-dealkylation sites (tertiary alicyclic amines) is 1. The van der Waals surface area contributed by atoms with Crippen molar-refractivity contribution in [3.05, 3.63) is 71.9 Å². The number of hydrogen-bond donors (Lipinski definition) is 1. The van der Waals surface area contributed by atoms with Gasteiger partial charge in [0.25, 0.3) is 5.91 Å². The Morgan fingerprint density at radius 3 is 2.67 bits per heavy atom. The van der Waals surface area contributed by atoms with Gasteiger partial charge in [0, 0.05) is 18.5 Å². The highest BCUT2D eigenvalue weighted by molar-refractivity contribution is 7.09. The quantitative estimate of drug-likeness (QED) is 0.602. The zero-order valence-corrected chi connectivity index (χ0v) is 18.5. The number of fused-ring (bicyclic) bond motifs is 1. The van der Waals surface area contributed by atoms with E-state index >= 15 is 0 Å². The first kappa shape index (κ1) is 21.4. The minimum absolute atomic E-state index is 0.0381. The molecule has 2 aliphatic rings. The van der Waals surface area contributed by atoms with Gasteiger partial charge >= 0.3 is 0 Å². The molecule has 0 bridgehead atoms. The van der Waals surface area contributed by atoms with E-state index in [0.29, 0.717) is 24.9 Å². The van der Waals surface area contributed by atoms with Crippen LogP contribution in [0.25, 0.3) is 10.4 Å². The summed E-state index contributed by atoms with van der Waals surface area (Å²) in [6.07, 6.45) is 2.38. The lowest BCUT2D eigenvalue weighted by atomic mass is 10.0. The van der Waals surface area contributed by atoms with Crippen molar-refractivity contribution in [3.63, 3.8) is 0 Å². The van der Waals surface area contributed by atoms with Gasteiger partial charge in [0.05, 0.1) is 17.2 Å². The van der Waals surface area contributed by atoms with Gasteiger partial charge in [-0.25, -0.2) is 0 Å². The Morgan fingerprint density at radius 2 is 1.94 bits per heavy atom. The summed E-state index contributed by atoms with van der Waals surface area (Å²) < 4.78 is 9.38. The van der Waals surface area contributed by atoms with Crippen LogP contribution in [0, 0.1) is 0 Å². The third-order valence-corrected chi connectivity index (χ3v) is 6.79. The lowest BCUT2D eigenvalue weighted by Gasteiger charge is -2.27. The smallest absolute Gasteiger partial charge is 0.251 e. The van der Waals surface area contributed by atoms with Crippen molar-refractivity contribution in [2.45, 2.75) is 31.0 Å². The number of carbonyl (C=O) groups is 3. The average molecular weight is 463 g/mol. The summed E-state index contributed by atoms with van der Waals surface area (Å²) in [4.78, 5) is 41.4. The van der Waals surface area contributed by atoms with Gasteiger partial charge in [0.15, 0.2) is 5.78 Å². The molecule has 3 aromatic rings. The van der Waals surface area contributed by atoms with Crippen LogP contribution in [0.3, 0.4) is 0 Å². The monoisotopic (exact) mass is 462 g/mol. The van der Waals surface area contributed by atoms with E-state index in [0.717, 1.165) is 16.0 Å². The molecule has 1 aromatic heterocycles. The van der Waals surface area contributed by atoms with Gasteiger partial charge in [-0.15, -0.1) is 5.10 Å². The molecule has 2 amide bonds. The summed E-state index contributed by atoms with van der Waals surface area (Å²) in [5.41, 5.74) is 2.29. The second-order valence-corrected chi connectivity index (χ2v) is 8.94. The van der Waals surface area contributed by atoms with E-state index in [-0.39, 0.29) is 30.3 Å². The number of ether oxygens (including phenoxy) is 1. The zero-order valence-electron chi connectivity index (χ0n) is 17.7. The van der Waals surface area contributed by atoms with Crippen LogP contribution in [-0.2, 0) is 20.7 Å². The minimum Gasteiger partial charge on any atom is -0.368 e. The van der Waals surface area contributed by atoms with Crippen LogP contribution in [0.1, 0.15) is 22.3 Å². The molecule has 2 saturated heterocycles. The number of Topliss-reactive ketones (excluding diaryl/α,β-unsaturated/α-hetero) is 1. The summed E-state index contributed by atoms with van der Waals surface area (Å²) in [5, 5.41) is 6.74. The Hall–Kier alpha value is -3.43. The van der Waals surface area contributed by atoms with Gasteiger partial charge in [0.1, 0.15) is 18.7 Å². The molecule has 33 heavy (non-hydrogen) atoms. The van der Waals surface area contributed by atoms with Crippen molar-refractivity contribution in [1.82, 2.24) is 19.8 Å². The Morgan fingerprint density at radius 1 is 1.15 bits per heavy atom. The van der Waals surface area contributed by atoms with Crippen molar-refractivity contribution in [1.29, 1.82) is 0 Å². The molecule has 0 saturated carbocycles. The Balaban J connectivity index is 1.35. The summed E-state index contributed by atoms with van der Waals surface area (Å²) >= 11 is 1.28. The van der Waals surface area contributed by atoms with E-state index in [1.807, 2.05) is 42.5 Å². The molecule has 3 unspecified atom stereocenters. The van der Waals surface area contributed by atoms with Gasteiger partial charge in [0.2, 0.25) is 5.91 Å². The van der Waals surface area contributed by atoms with Crippen LogP contribution in [-0.4, -0.2) is 63.4 Å². The normalized spacial score (nSPS) is 20.5. The lowest BCUT2D eigenvalue weighted by molar-refractivity contribution is -0.138. The molecule has 3 atom stereocenters. The highest BCUT2D eigenvalue weighted by Crippen LogP contribution is 2.28. The third kappa shape index (κ3) is 4.42. The van der Waals surface area contributed by atoms with Crippen LogP contribution >= 0.6 is 11.5 Å². The van der Waals surface area contributed by atoms with Crippen molar-refractivity contribution < 1.29 is 19.1 Å². The first-order chi connectivity index (χ1) is 16.1. The lowest BCUT2D eigenvalue weighted by Crippen LogP contribution is -2.53. The molecule has 8 nitrogen and oxygen atoms in total. The molecule has 0 radical (unpaired) electrons. The van der Waals surface area contributed by atoms with Gasteiger partial charge in [-0.05, 0) is 41.2 Å². The molecule has 2 aromatic carbocycles. The van der Waals surface area contributed by atoms with Crippen molar-refractivity contribution in [2.75, 3.05) is 13.2 Å². The van der Waals surface area contributed by atoms with E-state index in [4.69, 9.17) is 4.74 Å². The van der Waals surface area contributed by atoms with Gasteiger partial charge in [-0.2, -0.15) is 0 Å². The molecule has 0 aliphatic carbocycles. The number of aromatic nitrogens is 2. The number of nitrogens with one attached hydrogen (secondary N) is 1. The zero-order chi connectivity index (χ0) is 22.8. The second-order valence-electron chi connectivity index (χ2n) is 8.16. The summed E-state index contributed by atoms with van der Waals surface area (Å²) in [5.74, 6) is -0.683. The predicted molar refractivity (Wildman–Crippen MR) is 122 cm³/mol. The summed E-state index contributed by atoms with van der Waals surface area (Å²) in [6, 6.07) is 15.3. The molecule has 2 aliphatic heterocycles. The predicted octanol–water partition coefficient (Wildman–Crippen LogP) is 2.12. The Labute approximate surface area is 194 Å². The number of benzene rings is 2. The van der Waals surface area contributed by atoms with Gasteiger partial charge in [-0.1, -0.05) is 47.0 Å². The second kappa shape index (κ2) is 9.21. The number of nitrogens with zero attached hydrogens (tertiary/aromatic N) is 3.